The molecular weight excluding hydrogens is 506 g/mol. The lowest BCUT2D eigenvalue weighted by Crippen LogP contribution is -2.62. The maximum absolute atomic E-state index is 14.8. The summed E-state index contributed by atoms with van der Waals surface area (Å²) in [6.07, 6.45) is 5.42. The third-order valence-corrected chi connectivity index (χ3v) is 9.42. The standard InChI is InChI=1S/C32H53N3O5/c1-12-15-33(16-13-2)26(37)23-24-27(38)35(22(5)19-36)25(32(24)18-21(4)31(23,11)40-32)28(39)34(17-14-3)30(9,10)20-29(6,7)8/h12,14,21-25,36H,1,3,13,15-20H2,2,4-11H3/t21?,22-,23-,24+,25?,31+,32?/m1/s1. The number of nitrogens with zero attached hydrogens (tertiary/aromatic N) is 3. The Bertz CT molecular complexity index is 1020. The summed E-state index contributed by atoms with van der Waals surface area (Å²) in [5.41, 5.74) is -2.64. The predicted molar refractivity (Wildman–Crippen MR) is 157 cm³/mol. The molecule has 3 unspecified atom stereocenters. The molecule has 3 heterocycles. The predicted octanol–water partition coefficient (Wildman–Crippen LogP) is 4.03. The fraction of sp³-hybridized carbons (Fsp3) is 0.781. The van der Waals surface area contributed by atoms with Gasteiger partial charge in [0.1, 0.15) is 11.6 Å². The van der Waals surface area contributed by atoms with Gasteiger partial charge in [0.2, 0.25) is 17.7 Å². The van der Waals surface area contributed by atoms with Gasteiger partial charge in [-0.3, -0.25) is 14.4 Å². The van der Waals surface area contributed by atoms with E-state index >= 15 is 0 Å². The van der Waals surface area contributed by atoms with E-state index in [4.69, 9.17) is 4.74 Å². The summed E-state index contributed by atoms with van der Waals surface area (Å²) >= 11 is 0. The molecule has 2 bridgehead atoms. The molecule has 3 rings (SSSR count). The first kappa shape index (κ1) is 32.3. The number of hydrogen-bond acceptors (Lipinski definition) is 5. The lowest BCUT2D eigenvalue weighted by atomic mass is 9.62. The van der Waals surface area contributed by atoms with Gasteiger partial charge in [0, 0.05) is 25.2 Å². The first-order valence-corrected chi connectivity index (χ1v) is 14.9. The van der Waals surface area contributed by atoms with E-state index in [-0.39, 0.29) is 35.7 Å². The molecule has 40 heavy (non-hydrogen) atoms. The van der Waals surface area contributed by atoms with E-state index in [1.54, 1.807) is 24.0 Å². The third-order valence-electron chi connectivity index (χ3n) is 9.42. The van der Waals surface area contributed by atoms with Gasteiger partial charge in [0.25, 0.3) is 0 Å². The van der Waals surface area contributed by atoms with Crippen molar-refractivity contribution in [3.8, 4) is 0 Å². The summed E-state index contributed by atoms with van der Waals surface area (Å²) in [7, 11) is 0. The minimum Gasteiger partial charge on any atom is -0.394 e. The maximum Gasteiger partial charge on any atom is 0.249 e. The molecule has 0 aromatic carbocycles. The Kier molecular flexibility index (Phi) is 9.08. The lowest BCUT2D eigenvalue weighted by Gasteiger charge is -2.46. The molecule has 0 aromatic rings. The minimum atomic E-state index is -1.16. The van der Waals surface area contributed by atoms with Gasteiger partial charge in [-0.1, -0.05) is 46.8 Å². The average molecular weight is 560 g/mol. The maximum atomic E-state index is 14.8. The van der Waals surface area contributed by atoms with Crippen LogP contribution < -0.4 is 0 Å². The minimum absolute atomic E-state index is 0.0483. The molecule has 3 amide bonds. The van der Waals surface area contributed by atoms with Gasteiger partial charge >= 0.3 is 0 Å². The Balaban J connectivity index is 2.19. The fourth-order valence-electron chi connectivity index (χ4n) is 8.11. The zero-order chi connectivity index (χ0) is 30.4. The molecule has 0 saturated carbocycles. The summed E-state index contributed by atoms with van der Waals surface area (Å²) in [6.45, 7) is 27.0. The number of carbonyl (C=O) groups excluding carboxylic acids is 3. The van der Waals surface area contributed by atoms with Crippen LogP contribution in [0.5, 0.6) is 0 Å². The summed E-state index contributed by atoms with van der Waals surface area (Å²) in [5, 5.41) is 10.2. The van der Waals surface area contributed by atoms with Gasteiger partial charge in [-0.05, 0) is 58.3 Å². The topological polar surface area (TPSA) is 90.4 Å². The van der Waals surface area contributed by atoms with Gasteiger partial charge in [0.15, 0.2) is 0 Å². The summed E-state index contributed by atoms with van der Waals surface area (Å²) in [5.74, 6) is -2.20. The smallest absolute Gasteiger partial charge is 0.249 e. The van der Waals surface area contributed by atoms with Crippen molar-refractivity contribution in [2.75, 3.05) is 26.2 Å². The molecule has 226 valence electrons. The van der Waals surface area contributed by atoms with Crippen molar-refractivity contribution >= 4 is 17.7 Å². The van der Waals surface area contributed by atoms with Crippen LogP contribution in [0.1, 0.15) is 81.6 Å². The second-order valence-electron chi connectivity index (χ2n) is 14.3. The molecular formula is C32H53N3O5. The van der Waals surface area contributed by atoms with E-state index in [2.05, 4.69) is 40.9 Å². The van der Waals surface area contributed by atoms with Crippen LogP contribution in [-0.4, -0.2) is 92.6 Å². The Morgan fingerprint density at radius 3 is 2.27 bits per heavy atom. The van der Waals surface area contributed by atoms with E-state index in [1.807, 2.05) is 32.6 Å². The molecule has 1 N–H and O–H groups in total. The highest BCUT2D eigenvalue weighted by Gasteiger charge is 2.80. The summed E-state index contributed by atoms with van der Waals surface area (Å²) in [4.78, 5) is 48.5. The quantitative estimate of drug-likeness (QED) is 0.365. The third kappa shape index (κ3) is 5.15. The Hall–Kier alpha value is -2.19. The first-order chi connectivity index (χ1) is 18.5. The van der Waals surface area contributed by atoms with Gasteiger partial charge < -0.3 is 24.5 Å². The van der Waals surface area contributed by atoms with E-state index in [0.717, 1.165) is 12.8 Å². The zero-order valence-corrected chi connectivity index (χ0v) is 26.3. The van der Waals surface area contributed by atoms with E-state index < -0.39 is 40.7 Å². The van der Waals surface area contributed by atoms with Crippen molar-refractivity contribution in [2.45, 2.75) is 110 Å². The highest BCUT2D eigenvalue weighted by Crippen LogP contribution is 2.66. The van der Waals surface area contributed by atoms with Crippen LogP contribution >= 0.6 is 0 Å². The van der Waals surface area contributed by atoms with Crippen LogP contribution in [0.4, 0.5) is 0 Å². The second kappa shape index (κ2) is 11.2. The number of ether oxygens (including phenoxy) is 1. The normalized spacial score (nSPS) is 32.1. The SMILES string of the molecule is C=CCN(CCC)C(=O)[C@H]1[C@H]2C(=O)N([C@H](C)CO)C(C(=O)N(CC=C)C(C)(C)CC(C)(C)C)C23CC(C)[C@]1(C)O3. The van der Waals surface area contributed by atoms with Crippen LogP contribution in [0, 0.1) is 23.2 Å². The van der Waals surface area contributed by atoms with Crippen molar-refractivity contribution in [3.05, 3.63) is 25.3 Å². The number of amides is 3. The number of carbonyl (C=O) groups is 3. The van der Waals surface area contributed by atoms with E-state index in [1.165, 1.54) is 4.90 Å². The first-order valence-electron chi connectivity index (χ1n) is 14.9. The van der Waals surface area contributed by atoms with E-state index in [0.29, 0.717) is 26.1 Å². The largest absolute Gasteiger partial charge is 0.394 e. The van der Waals surface area contributed by atoms with Crippen molar-refractivity contribution in [3.63, 3.8) is 0 Å². The van der Waals surface area contributed by atoms with E-state index in [9.17, 15) is 19.5 Å². The molecule has 3 saturated heterocycles. The van der Waals surface area contributed by atoms with Crippen molar-refractivity contribution in [1.82, 2.24) is 14.7 Å². The summed E-state index contributed by atoms with van der Waals surface area (Å²) < 4.78 is 6.90. The van der Waals surface area contributed by atoms with Crippen LogP contribution in [0.15, 0.2) is 25.3 Å². The number of aliphatic hydroxyl groups excluding tert-OH is 1. The van der Waals surface area contributed by atoms with Crippen LogP contribution in [-0.2, 0) is 19.1 Å². The number of rotatable bonds is 12. The molecule has 0 aromatic heterocycles. The molecule has 7 atom stereocenters. The lowest BCUT2D eigenvalue weighted by molar-refractivity contribution is -0.160. The Morgan fingerprint density at radius 2 is 1.77 bits per heavy atom. The van der Waals surface area contributed by atoms with Crippen molar-refractivity contribution in [1.29, 1.82) is 0 Å². The fourth-order valence-corrected chi connectivity index (χ4v) is 8.11. The molecule has 0 aliphatic carbocycles. The van der Waals surface area contributed by atoms with Crippen molar-refractivity contribution in [2.24, 2.45) is 23.2 Å². The average Bonchev–Trinajstić information content (AvgIpc) is 3.36. The molecule has 3 fully saturated rings. The summed E-state index contributed by atoms with van der Waals surface area (Å²) in [6, 6.07) is -1.56. The monoisotopic (exact) mass is 559 g/mol. The van der Waals surface area contributed by atoms with Gasteiger partial charge in [-0.15, -0.1) is 13.2 Å². The number of hydrogen-bond donors (Lipinski definition) is 1. The second-order valence-corrected chi connectivity index (χ2v) is 14.3. The van der Waals surface area contributed by atoms with Crippen LogP contribution in [0.3, 0.4) is 0 Å². The molecule has 1 spiro atoms. The molecule has 3 aliphatic heterocycles. The Labute approximate surface area is 241 Å². The molecule has 8 heteroatoms. The Morgan fingerprint density at radius 1 is 1.18 bits per heavy atom. The van der Waals surface area contributed by atoms with Gasteiger partial charge in [-0.2, -0.15) is 0 Å². The van der Waals surface area contributed by atoms with Gasteiger partial charge in [0.05, 0.1) is 30.1 Å². The van der Waals surface area contributed by atoms with Crippen LogP contribution in [0.25, 0.3) is 0 Å². The van der Waals surface area contributed by atoms with Crippen molar-refractivity contribution < 1.29 is 24.2 Å². The molecule has 3 aliphatic rings. The highest BCUT2D eigenvalue weighted by molar-refractivity contribution is 5.99. The number of aliphatic hydroxyl groups is 1. The number of fused-ring (bicyclic) bond motifs is 1. The van der Waals surface area contributed by atoms with Crippen LogP contribution in [0.2, 0.25) is 0 Å². The highest BCUT2D eigenvalue weighted by atomic mass is 16.5. The molecule has 0 radical (unpaired) electrons. The van der Waals surface area contributed by atoms with Gasteiger partial charge in [-0.25, -0.2) is 0 Å². The zero-order valence-electron chi connectivity index (χ0n) is 26.3. The molecule has 8 nitrogen and oxygen atoms in total. The number of likely N-dealkylation sites (tertiary alicyclic amines) is 1.